The zero-order valence-corrected chi connectivity index (χ0v) is 16.2. The number of nitrogens with zero attached hydrogens (tertiary/aromatic N) is 4. The van der Waals surface area contributed by atoms with Crippen molar-refractivity contribution in [2.75, 3.05) is 13.1 Å². The maximum Gasteiger partial charge on any atom is 0.272 e. The lowest BCUT2D eigenvalue weighted by Crippen LogP contribution is -2.44. The van der Waals surface area contributed by atoms with E-state index < -0.39 is 0 Å². The SMILES string of the molecule is CCCn1nccc1C(=O)N1CCC(=O)N(Cc2ccccc2)C(CC)C1. The van der Waals surface area contributed by atoms with Gasteiger partial charge in [0.2, 0.25) is 5.91 Å². The molecule has 0 radical (unpaired) electrons. The van der Waals surface area contributed by atoms with Crippen molar-refractivity contribution < 1.29 is 9.59 Å². The number of aromatic nitrogens is 2. The Kier molecular flexibility index (Phi) is 6.27. The highest BCUT2D eigenvalue weighted by atomic mass is 16.2. The molecule has 2 heterocycles. The van der Waals surface area contributed by atoms with Gasteiger partial charge in [0.15, 0.2) is 0 Å². The van der Waals surface area contributed by atoms with E-state index in [9.17, 15) is 9.59 Å². The summed E-state index contributed by atoms with van der Waals surface area (Å²) >= 11 is 0. The molecule has 2 amide bonds. The second-order valence-electron chi connectivity index (χ2n) is 7.01. The van der Waals surface area contributed by atoms with Crippen LogP contribution < -0.4 is 0 Å². The van der Waals surface area contributed by atoms with Gasteiger partial charge in [-0.2, -0.15) is 5.10 Å². The summed E-state index contributed by atoms with van der Waals surface area (Å²) in [6, 6.07) is 11.8. The summed E-state index contributed by atoms with van der Waals surface area (Å²) in [6.45, 7) is 6.47. The summed E-state index contributed by atoms with van der Waals surface area (Å²) in [5.74, 6) is 0.0804. The number of amides is 2. The molecule has 27 heavy (non-hydrogen) atoms. The van der Waals surface area contributed by atoms with Crippen LogP contribution in [0.15, 0.2) is 42.6 Å². The zero-order chi connectivity index (χ0) is 19.2. The van der Waals surface area contributed by atoms with Gasteiger partial charge in [0, 0.05) is 44.8 Å². The molecule has 3 rings (SSSR count). The normalized spacial score (nSPS) is 17.9. The van der Waals surface area contributed by atoms with Gasteiger partial charge < -0.3 is 9.80 Å². The van der Waals surface area contributed by atoms with Gasteiger partial charge in [-0.15, -0.1) is 0 Å². The number of aryl methyl sites for hydroxylation is 1. The molecule has 1 aromatic heterocycles. The molecule has 6 heteroatoms. The standard InChI is InChI=1S/C21H28N4O2/c1-3-13-25-19(10-12-22-25)21(27)23-14-11-20(26)24(18(4-2)16-23)15-17-8-6-5-7-9-17/h5-10,12,18H,3-4,11,13-16H2,1-2H3. The first-order chi connectivity index (χ1) is 13.1. The topological polar surface area (TPSA) is 58.4 Å². The zero-order valence-electron chi connectivity index (χ0n) is 16.2. The first-order valence-electron chi connectivity index (χ1n) is 9.78. The predicted molar refractivity (Wildman–Crippen MR) is 104 cm³/mol. The van der Waals surface area contributed by atoms with Crippen LogP contribution in [-0.4, -0.2) is 50.5 Å². The summed E-state index contributed by atoms with van der Waals surface area (Å²) in [7, 11) is 0. The van der Waals surface area contributed by atoms with Crippen molar-refractivity contribution in [3.8, 4) is 0 Å². The van der Waals surface area contributed by atoms with Gasteiger partial charge in [0.05, 0.1) is 0 Å². The van der Waals surface area contributed by atoms with E-state index in [0.29, 0.717) is 31.7 Å². The van der Waals surface area contributed by atoms with Crippen molar-refractivity contribution in [2.45, 2.75) is 52.2 Å². The van der Waals surface area contributed by atoms with E-state index in [1.807, 2.05) is 40.1 Å². The second-order valence-corrected chi connectivity index (χ2v) is 7.01. The van der Waals surface area contributed by atoms with Crippen molar-refractivity contribution in [3.63, 3.8) is 0 Å². The molecule has 0 aliphatic carbocycles. The Hall–Kier alpha value is -2.63. The monoisotopic (exact) mass is 368 g/mol. The van der Waals surface area contributed by atoms with Crippen LogP contribution in [0, 0.1) is 0 Å². The fourth-order valence-electron chi connectivity index (χ4n) is 3.62. The van der Waals surface area contributed by atoms with Crippen molar-refractivity contribution in [3.05, 3.63) is 53.9 Å². The lowest BCUT2D eigenvalue weighted by atomic mass is 10.1. The van der Waals surface area contributed by atoms with Crippen LogP contribution in [0.25, 0.3) is 0 Å². The lowest BCUT2D eigenvalue weighted by molar-refractivity contribution is -0.133. The minimum Gasteiger partial charge on any atom is -0.335 e. The predicted octanol–water partition coefficient (Wildman–Crippen LogP) is 2.95. The van der Waals surface area contributed by atoms with Crippen molar-refractivity contribution >= 4 is 11.8 Å². The molecule has 1 unspecified atom stereocenters. The summed E-state index contributed by atoms with van der Waals surface area (Å²) < 4.78 is 1.76. The number of benzene rings is 1. The maximum atomic E-state index is 13.1. The van der Waals surface area contributed by atoms with Gasteiger partial charge in [-0.3, -0.25) is 14.3 Å². The molecule has 1 fully saturated rings. The molecule has 1 aliphatic rings. The molecule has 0 saturated carbocycles. The number of hydrogen-bond acceptors (Lipinski definition) is 3. The van der Waals surface area contributed by atoms with Crippen LogP contribution in [0.5, 0.6) is 0 Å². The third kappa shape index (κ3) is 4.38. The molecule has 1 aliphatic heterocycles. The molecule has 6 nitrogen and oxygen atoms in total. The number of carbonyl (C=O) groups is 2. The van der Waals surface area contributed by atoms with Crippen molar-refractivity contribution in [2.24, 2.45) is 0 Å². The van der Waals surface area contributed by atoms with Crippen LogP contribution in [0.3, 0.4) is 0 Å². The van der Waals surface area contributed by atoms with E-state index >= 15 is 0 Å². The highest BCUT2D eigenvalue weighted by Gasteiger charge is 2.31. The molecular formula is C21H28N4O2. The minimum atomic E-state index is -0.0336. The lowest BCUT2D eigenvalue weighted by Gasteiger charge is -2.31. The largest absolute Gasteiger partial charge is 0.335 e. The van der Waals surface area contributed by atoms with Gasteiger partial charge in [0.1, 0.15) is 5.69 Å². The van der Waals surface area contributed by atoms with Crippen LogP contribution >= 0.6 is 0 Å². The molecular weight excluding hydrogens is 340 g/mol. The first kappa shape index (κ1) is 19.1. The van der Waals surface area contributed by atoms with Gasteiger partial charge in [-0.1, -0.05) is 44.2 Å². The number of carbonyl (C=O) groups excluding carboxylic acids is 2. The van der Waals surface area contributed by atoms with Gasteiger partial charge >= 0.3 is 0 Å². The number of hydrogen-bond donors (Lipinski definition) is 0. The summed E-state index contributed by atoms with van der Waals surface area (Å²) in [6.07, 6.45) is 3.77. The Labute approximate surface area is 160 Å². The van der Waals surface area contributed by atoms with Crippen molar-refractivity contribution in [1.82, 2.24) is 19.6 Å². The van der Waals surface area contributed by atoms with Gasteiger partial charge in [-0.25, -0.2) is 0 Å². The molecule has 1 atom stereocenters. The van der Waals surface area contributed by atoms with E-state index in [4.69, 9.17) is 0 Å². The van der Waals surface area contributed by atoms with E-state index in [0.717, 1.165) is 24.9 Å². The molecule has 0 bridgehead atoms. The molecule has 2 aromatic rings. The third-order valence-electron chi connectivity index (χ3n) is 5.11. The fourth-order valence-corrected chi connectivity index (χ4v) is 3.62. The van der Waals surface area contributed by atoms with E-state index in [2.05, 4.69) is 18.9 Å². The summed E-state index contributed by atoms with van der Waals surface area (Å²) in [5, 5.41) is 4.26. The fraction of sp³-hybridized carbons (Fsp3) is 0.476. The molecule has 144 valence electrons. The second kappa shape index (κ2) is 8.84. The Morgan fingerprint density at radius 3 is 2.67 bits per heavy atom. The van der Waals surface area contributed by atoms with Crippen LogP contribution in [0.1, 0.15) is 49.2 Å². The van der Waals surface area contributed by atoms with E-state index in [1.54, 1.807) is 16.9 Å². The van der Waals surface area contributed by atoms with E-state index in [-0.39, 0.29) is 17.9 Å². The van der Waals surface area contributed by atoms with Crippen LogP contribution in [0.4, 0.5) is 0 Å². The first-order valence-corrected chi connectivity index (χ1v) is 9.78. The van der Waals surface area contributed by atoms with Crippen LogP contribution in [0.2, 0.25) is 0 Å². The smallest absolute Gasteiger partial charge is 0.272 e. The maximum absolute atomic E-state index is 13.1. The third-order valence-corrected chi connectivity index (χ3v) is 5.11. The average molecular weight is 368 g/mol. The number of rotatable bonds is 6. The molecule has 0 N–H and O–H groups in total. The molecule has 0 spiro atoms. The summed E-state index contributed by atoms with van der Waals surface area (Å²) in [5.41, 5.74) is 1.72. The Morgan fingerprint density at radius 1 is 1.19 bits per heavy atom. The molecule has 1 aromatic carbocycles. The average Bonchev–Trinajstić information content (AvgIpc) is 3.09. The highest BCUT2D eigenvalue weighted by molar-refractivity contribution is 5.93. The highest BCUT2D eigenvalue weighted by Crippen LogP contribution is 2.19. The Morgan fingerprint density at radius 2 is 1.96 bits per heavy atom. The summed E-state index contributed by atoms with van der Waals surface area (Å²) in [4.78, 5) is 29.6. The van der Waals surface area contributed by atoms with Crippen LogP contribution in [-0.2, 0) is 17.9 Å². The van der Waals surface area contributed by atoms with E-state index in [1.165, 1.54) is 0 Å². The van der Waals surface area contributed by atoms with Crippen molar-refractivity contribution in [1.29, 1.82) is 0 Å². The van der Waals surface area contributed by atoms with Gasteiger partial charge in [-0.05, 0) is 24.5 Å². The quantitative estimate of drug-likeness (QED) is 0.788. The Bertz CT molecular complexity index is 771. The Balaban J connectivity index is 1.77. The minimum absolute atomic E-state index is 0.0201. The molecule has 1 saturated heterocycles. The van der Waals surface area contributed by atoms with Gasteiger partial charge in [0.25, 0.3) is 5.91 Å².